The lowest BCUT2D eigenvalue weighted by molar-refractivity contribution is 0.690. The summed E-state index contributed by atoms with van der Waals surface area (Å²) in [6, 6.07) is 13.0. The molecule has 4 rings (SSSR count). The summed E-state index contributed by atoms with van der Waals surface area (Å²) in [7, 11) is 2.10. The van der Waals surface area contributed by atoms with Gasteiger partial charge in [-0.2, -0.15) is 5.10 Å². The third-order valence-electron chi connectivity index (χ3n) is 4.65. The van der Waals surface area contributed by atoms with E-state index in [1.165, 1.54) is 16.6 Å². The highest BCUT2D eigenvalue weighted by atomic mass is 15.1. The van der Waals surface area contributed by atoms with Gasteiger partial charge in [-0.25, -0.2) is 4.98 Å². The van der Waals surface area contributed by atoms with Crippen LogP contribution in [0.15, 0.2) is 42.6 Å². The van der Waals surface area contributed by atoms with E-state index in [-0.39, 0.29) is 0 Å². The van der Waals surface area contributed by atoms with Crippen LogP contribution in [0.5, 0.6) is 0 Å². The molecule has 4 aromatic rings. The Morgan fingerprint density at radius 1 is 1.17 bits per heavy atom. The minimum Gasteiger partial charge on any atom is -0.331 e. The lowest BCUT2D eigenvalue weighted by atomic mass is 9.96. The van der Waals surface area contributed by atoms with Crippen LogP contribution < -0.4 is 0 Å². The molecule has 0 bridgehead atoms. The first-order valence-corrected chi connectivity index (χ1v) is 7.97. The van der Waals surface area contributed by atoms with Crippen LogP contribution in [-0.4, -0.2) is 19.7 Å². The second kappa shape index (κ2) is 5.23. The molecule has 2 heterocycles. The Balaban J connectivity index is 1.67. The van der Waals surface area contributed by atoms with E-state index >= 15 is 0 Å². The molecular weight excluding hydrogens is 284 g/mol. The molecule has 0 saturated carbocycles. The SMILES string of the molecule is Cc1ccc2c(c1)nc(CC(C)c1ccc3[nH]ncc3c1)n2C. The fraction of sp³-hybridized carbons (Fsp3) is 0.263. The Kier molecular flexibility index (Phi) is 3.18. The molecule has 2 aromatic heterocycles. The molecule has 0 radical (unpaired) electrons. The number of nitrogens with zero attached hydrogens (tertiary/aromatic N) is 3. The van der Waals surface area contributed by atoms with Crippen LogP contribution in [0.4, 0.5) is 0 Å². The molecule has 23 heavy (non-hydrogen) atoms. The molecule has 0 saturated heterocycles. The molecule has 4 heteroatoms. The van der Waals surface area contributed by atoms with E-state index in [4.69, 9.17) is 4.98 Å². The molecule has 0 aliphatic heterocycles. The summed E-state index contributed by atoms with van der Waals surface area (Å²) in [5.74, 6) is 1.54. The quantitative estimate of drug-likeness (QED) is 0.619. The molecule has 0 aliphatic carbocycles. The maximum absolute atomic E-state index is 4.84. The molecular formula is C19H20N4. The Morgan fingerprint density at radius 3 is 2.91 bits per heavy atom. The van der Waals surface area contributed by atoms with Crippen LogP contribution in [0.25, 0.3) is 21.9 Å². The summed E-state index contributed by atoms with van der Waals surface area (Å²) in [6.45, 7) is 4.36. The highest BCUT2D eigenvalue weighted by molar-refractivity contribution is 5.79. The third kappa shape index (κ3) is 2.40. The van der Waals surface area contributed by atoms with Gasteiger partial charge >= 0.3 is 0 Å². The maximum Gasteiger partial charge on any atom is 0.110 e. The number of nitrogens with one attached hydrogen (secondary N) is 1. The summed E-state index contributed by atoms with van der Waals surface area (Å²) >= 11 is 0. The molecule has 2 aromatic carbocycles. The molecule has 4 nitrogen and oxygen atoms in total. The van der Waals surface area contributed by atoms with Crippen LogP contribution in [0.2, 0.25) is 0 Å². The number of rotatable bonds is 3. The zero-order chi connectivity index (χ0) is 16.0. The summed E-state index contributed by atoms with van der Waals surface area (Å²) in [6.07, 6.45) is 2.80. The number of benzene rings is 2. The predicted molar refractivity (Wildman–Crippen MR) is 93.7 cm³/mol. The number of hydrogen-bond acceptors (Lipinski definition) is 2. The predicted octanol–water partition coefficient (Wildman–Crippen LogP) is 4.10. The first kappa shape index (κ1) is 14.0. The number of H-pyrrole nitrogens is 1. The Labute approximate surface area is 135 Å². The second-order valence-corrected chi connectivity index (χ2v) is 6.40. The molecule has 116 valence electrons. The van der Waals surface area contributed by atoms with Crippen LogP contribution in [0, 0.1) is 6.92 Å². The van der Waals surface area contributed by atoms with E-state index < -0.39 is 0 Å². The molecule has 0 spiro atoms. The van der Waals surface area contributed by atoms with Gasteiger partial charge in [-0.3, -0.25) is 5.10 Å². The van der Waals surface area contributed by atoms with Crippen molar-refractivity contribution in [3.05, 3.63) is 59.5 Å². The molecule has 0 amide bonds. The summed E-state index contributed by atoms with van der Waals surface area (Å²) in [5, 5.41) is 8.26. The van der Waals surface area contributed by atoms with Crippen LogP contribution >= 0.6 is 0 Å². The largest absolute Gasteiger partial charge is 0.331 e. The standard InChI is InChI=1S/C19H20N4/c1-12-4-7-18-17(8-12)21-19(23(18)3)9-13(2)14-5-6-16-15(10-14)11-20-22-16/h4-8,10-11,13H,9H2,1-3H3,(H,20,22). The minimum absolute atomic E-state index is 0.408. The van der Waals surface area contributed by atoms with E-state index in [1.807, 2.05) is 6.20 Å². The maximum atomic E-state index is 4.84. The van der Waals surface area contributed by atoms with Crippen LogP contribution in [-0.2, 0) is 13.5 Å². The Bertz CT molecular complexity index is 993. The van der Waals surface area contributed by atoms with Crippen LogP contribution in [0.1, 0.15) is 29.8 Å². The van der Waals surface area contributed by atoms with E-state index in [1.54, 1.807) is 0 Å². The first-order chi connectivity index (χ1) is 11.1. The molecule has 1 unspecified atom stereocenters. The molecule has 0 fully saturated rings. The normalized spacial score (nSPS) is 13.0. The topological polar surface area (TPSA) is 46.5 Å². The number of fused-ring (bicyclic) bond motifs is 2. The first-order valence-electron chi connectivity index (χ1n) is 7.97. The summed E-state index contributed by atoms with van der Waals surface area (Å²) in [4.78, 5) is 4.84. The Morgan fingerprint density at radius 2 is 2.04 bits per heavy atom. The monoisotopic (exact) mass is 304 g/mol. The van der Waals surface area contributed by atoms with Crippen molar-refractivity contribution in [2.45, 2.75) is 26.2 Å². The van der Waals surface area contributed by atoms with Crippen LogP contribution in [0.3, 0.4) is 0 Å². The highest BCUT2D eigenvalue weighted by Gasteiger charge is 2.13. The molecule has 0 aliphatic rings. The van der Waals surface area contributed by atoms with E-state index in [0.29, 0.717) is 5.92 Å². The fourth-order valence-electron chi connectivity index (χ4n) is 3.20. The third-order valence-corrected chi connectivity index (χ3v) is 4.65. The Hall–Kier alpha value is -2.62. The number of aromatic amines is 1. The highest BCUT2D eigenvalue weighted by Crippen LogP contribution is 2.25. The van der Waals surface area contributed by atoms with Gasteiger partial charge in [0.15, 0.2) is 0 Å². The van der Waals surface area contributed by atoms with Crippen molar-refractivity contribution < 1.29 is 0 Å². The van der Waals surface area contributed by atoms with Crippen molar-refractivity contribution >= 4 is 21.9 Å². The number of aryl methyl sites for hydroxylation is 2. The lowest BCUT2D eigenvalue weighted by Gasteiger charge is -2.12. The van der Waals surface area contributed by atoms with Gasteiger partial charge in [0, 0.05) is 18.9 Å². The number of aromatic nitrogens is 4. The summed E-state index contributed by atoms with van der Waals surface area (Å²) < 4.78 is 2.21. The zero-order valence-electron chi connectivity index (χ0n) is 13.7. The fourth-order valence-corrected chi connectivity index (χ4v) is 3.20. The average molecular weight is 304 g/mol. The van der Waals surface area contributed by atoms with E-state index in [0.717, 1.165) is 28.7 Å². The van der Waals surface area contributed by atoms with Crippen molar-refractivity contribution in [1.29, 1.82) is 0 Å². The van der Waals surface area contributed by atoms with Gasteiger partial charge in [0.05, 0.1) is 22.7 Å². The number of hydrogen-bond donors (Lipinski definition) is 1. The van der Waals surface area contributed by atoms with Crippen molar-refractivity contribution in [3.63, 3.8) is 0 Å². The van der Waals surface area contributed by atoms with Gasteiger partial charge in [0.25, 0.3) is 0 Å². The van der Waals surface area contributed by atoms with Crippen molar-refractivity contribution in [3.8, 4) is 0 Å². The summed E-state index contributed by atoms with van der Waals surface area (Å²) in [5.41, 5.74) is 5.94. The smallest absolute Gasteiger partial charge is 0.110 e. The van der Waals surface area contributed by atoms with Gasteiger partial charge in [-0.1, -0.05) is 19.1 Å². The number of imidazole rings is 1. The van der Waals surface area contributed by atoms with Gasteiger partial charge in [-0.05, 0) is 48.2 Å². The van der Waals surface area contributed by atoms with Gasteiger partial charge in [0.2, 0.25) is 0 Å². The zero-order valence-corrected chi connectivity index (χ0v) is 13.7. The van der Waals surface area contributed by atoms with Gasteiger partial charge in [0.1, 0.15) is 5.82 Å². The average Bonchev–Trinajstić information content (AvgIpc) is 3.11. The van der Waals surface area contributed by atoms with Crippen molar-refractivity contribution in [2.75, 3.05) is 0 Å². The minimum atomic E-state index is 0.408. The van der Waals surface area contributed by atoms with Gasteiger partial charge in [-0.15, -0.1) is 0 Å². The van der Waals surface area contributed by atoms with Crippen molar-refractivity contribution in [1.82, 2.24) is 19.7 Å². The van der Waals surface area contributed by atoms with Crippen molar-refractivity contribution in [2.24, 2.45) is 7.05 Å². The molecule has 1 N–H and O–H groups in total. The lowest BCUT2D eigenvalue weighted by Crippen LogP contribution is -2.04. The molecule has 1 atom stereocenters. The van der Waals surface area contributed by atoms with Gasteiger partial charge < -0.3 is 4.57 Å². The van der Waals surface area contributed by atoms with E-state index in [2.05, 4.69) is 72.1 Å². The second-order valence-electron chi connectivity index (χ2n) is 6.40. The van der Waals surface area contributed by atoms with E-state index in [9.17, 15) is 0 Å².